The SMILES string of the molecule is COc1cc(CN2CCOCC2)ccc1N1CCN(CCCNC2=C(N)C(=O)c3ccccc3C2=O)CC1. The van der Waals surface area contributed by atoms with E-state index in [1.165, 1.54) is 5.56 Å². The minimum Gasteiger partial charge on any atom is -0.495 e. The zero-order valence-electron chi connectivity index (χ0n) is 22.1. The lowest BCUT2D eigenvalue weighted by atomic mass is 9.90. The van der Waals surface area contributed by atoms with Crippen LogP contribution in [0.15, 0.2) is 53.9 Å². The van der Waals surface area contributed by atoms with Crippen LogP contribution in [0.5, 0.6) is 5.75 Å². The number of fused-ring (bicyclic) bond motifs is 1. The molecule has 5 rings (SSSR count). The van der Waals surface area contributed by atoms with Gasteiger partial charge >= 0.3 is 0 Å². The fourth-order valence-corrected chi connectivity index (χ4v) is 5.40. The third-order valence-corrected chi connectivity index (χ3v) is 7.58. The fourth-order valence-electron chi connectivity index (χ4n) is 5.40. The third kappa shape index (κ3) is 5.70. The number of carbonyl (C=O) groups excluding carboxylic acids is 2. The summed E-state index contributed by atoms with van der Waals surface area (Å²) in [5.74, 6) is 0.423. The van der Waals surface area contributed by atoms with E-state index in [0.717, 1.165) is 83.4 Å². The van der Waals surface area contributed by atoms with E-state index in [0.29, 0.717) is 17.7 Å². The number of methoxy groups -OCH3 is 1. The van der Waals surface area contributed by atoms with Crippen LogP contribution in [-0.4, -0.2) is 94.0 Å². The van der Waals surface area contributed by atoms with Crippen molar-refractivity contribution < 1.29 is 19.1 Å². The Hall–Kier alpha value is -3.40. The summed E-state index contributed by atoms with van der Waals surface area (Å²) >= 11 is 0. The van der Waals surface area contributed by atoms with Gasteiger partial charge in [0.1, 0.15) is 17.1 Å². The first-order chi connectivity index (χ1) is 18.5. The first kappa shape index (κ1) is 26.2. The van der Waals surface area contributed by atoms with Gasteiger partial charge in [0.25, 0.3) is 0 Å². The van der Waals surface area contributed by atoms with Crippen molar-refractivity contribution in [2.45, 2.75) is 13.0 Å². The Bertz CT molecular complexity index is 1200. The molecule has 9 heteroatoms. The highest BCUT2D eigenvalue weighted by atomic mass is 16.5. The Labute approximate surface area is 224 Å². The molecule has 2 fully saturated rings. The van der Waals surface area contributed by atoms with Crippen LogP contribution >= 0.6 is 0 Å². The highest BCUT2D eigenvalue weighted by Crippen LogP contribution is 2.31. The Morgan fingerprint density at radius 3 is 2.34 bits per heavy atom. The number of ether oxygens (including phenoxy) is 2. The van der Waals surface area contributed by atoms with Gasteiger partial charge in [0, 0.05) is 63.5 Å². The first-order valence-corrected chi connectivity index (χ1v) is 13.4. The minimum absolute atomic E-state index is 0.00669. The van der Waals surface area contributed by atoms with Crippen LogP contribution in [0.3, 0.4) is 0 Å². The quantitative estimate of drug-likeness (QED) is 0.481. The molecule has 0 atom stereocenters. The van der Waals surface area contributed by atoms with Crippen molar-refractivity contribution in [1.29, 1.82) is 0 Å². The molecule has 9 nitrogen and oxygen atoms in total. The number of allylic oxidation sites excluding steroid dienone is 2. The van der Waals surface area contributed by atoms with E-state index < -0.39 is 0 Å². The van der Waals surface area contributed by atoms with Gasteiger partial charge in [-0.25, -0.2) is 0 Å². The molecule has 1 aliphatic carbocycles. The third-order valence-electron chi connectivity index (χ3n) is 7.58. The maximum absolute atomic E-state index is 12.8. The number of morpholine rings is 1. The first-order valence-electron chi connectivity index (χ1n) is 13.4. The van der Waals surface area contributed by atoms with Gasteiger partial charge in [0.15, 0.2) is 0 Å². The topological polar surface area (TPSA) is 100 Å². The van der Waals surface area contributed by atoms with E-state index in [1.807, 2.05) is 0 Å². The van der Waals surface area contributed by atoms with Gasteiger partial charge in [0.2, 0.25) is 11.6 Å². The zero-order chi connectivity index (χ0) is 26.5. The smallest absolute Gasteiger partial charge is 0.211 e. The Kier molecular flexibility index (Phi) is 8.26. The maximum atomic E-state index is 12.8. The molecule has 0 bridgehead atoms. The van der Waals surface area contributed by atoms with Crippen LogP contribution < -0.4 is 20.7 Å². The van der Waals surface area contributed by atoms with E-state index >= 15 is 0 Å². The summed E-state index contributed by atoms with van der Waals surface area (Å²) in [5, 5.41) is 3.14. The fraction of sp³-hybridized carbons (Fsp3) is 0.448. The standard InChI is InChI=1S/C29H37N5O4/c1-37-25-19-21(20-33-15-17-38-18-16-33)7-8-24(25)34-13-11-32(12-14-34)10-4-9-31-27-26(30)28(35)22-5-2-3-6-23(22)29(27)36/h2-3,5-8,19,31H,4,9-18,20,30H2,1H3. The number of Topliss-reactive ketones (excluding diaryl/α,β-unsaturated/α-hetero) is 2. The number of hydrogen-bond donors (Lipinski definition) is 2. The lowest BCUT2D eigenvalue weighted by Gasteiger charge is -2.37. The number of carbonyl (C=O) groups is 2. The summed E-state index contributed by atoms with van der Waals surface area (Å²) in [6.45, 7) is 9.69. The molecule has 2 aliphatic heterocycles. The number of nitrogens with two attached hydrogens (primary N) is 1. The van der Waals surface area contributed by atoms with Crippen LogP contribution in [0.1, 0.15) is 32.7 Å². The molecule has 0 aromatic heterocycles. The molecule has 2 aromatic carbocycles. The van der Waals surface area contributed by atoms with Crippen molar-refractivity contribution in [3.8, 4) is 5.75 Å². The minimum atomic E-state index is -0.289. The lowest BCUT2D eigenvalue weighted by molar-refractivity contribution is 0.0341. The van der Waals surface area contributed by atoms with Gasteiger partial charge in [-0.05, 0) is 30.7 Å². The number of benzene rings is 2. The van der Waals surface area contributed by atoms with Gasteiger partial charge in [-0.1, -0.05) is 30.3 Å². The van der Waals surface area contributed by atoms with Crippen LogP contribution in [0, 0.1) is 0 Å². The average Bonchev–Trinajstić information content (AvgIpc) is 2.96. The van der Waals surface area contributed by atoms with Crippen molar-refractivity contribution in [1.82, 2.24) is 15.1 Å². The molecule has 202 valence electrons. The second-order valence-corrected chi connectivity index (χ2v) is 10.00. The number of anilines is 1. The number of nitrogens with zero attached hydrogens (tertiary/aromatic N) is 3. The van der Waals surface area contributed by atoms with Crippen LogP contribution in [0.4, 0.5) is 5.69 Å². The Balaban J connectivity index is 1.09. The summed E-state index contributed by atoms with van der Waals surface area (Å²) in [6.07, 6.45) is 0.847. The molecular weight excluding hydrogens is 482 g/mol. The Morgan fingerprint density at radius 2 is 1.63 bits per heavy atom. The molecule has 2 saturated heterocycles. The van der Waals surface area contributed by atoms with E-state index in [-0.39, 0.29) is 23.0 Å². The average molecular weight is 520 g/mol. The van der Waals surface area contributed by atoms with Crippen LogP contribution in [0.2, 0.25) is 0 Å². The van der Waals surface area contributed by atoms with Crippen molar-refractivity contribution in [2.75, 3.05) is 77.6 Å². The van der Waals surface area contributed by atoms with Crippen molar-refractivity contribution in [3.63, 3.8) is 0 Å². The number of piperazine rings is 1. The van der Waals surface area contributed by atoms with Crippen molar-refractivity contribution in [3.05, 3.63) is 70.5 Å². The second kappa shape index (κ2) is 12.0. The maximum Gasteiger partial charge on any atom is 0.211 e. The Morgan fingerprint density at radius 1 is 0.921 bits per heavy atom. The van der Waals surface area contributed by atoms with E-state index in [4.69, 9.17) is 15.2 Å². The van der Waals surface area contributed by atoms with E-state index in [1.54, 1.807) is 31.4 Å². The molecule has 0 amide bonds. The molecular formula is C29H37N5O4. The van der Waals surface area contributed by atoms with Crippen LogP contribution in [-0.2, 0) is 11.3 Å². The molecule has 0 saturated carbocycles. The van der Waals surface area contributed by atoms with Gasteiger partial charge in [0.05, 0.1) is 26.0 Å². The summed E-state index contributed by atoms with van der Waals surface area (Å²) in [4.78, 5) is 32.6. The normalized spacial score (nSPS) is 19.0. The number of ketones is 2. The summed E-state index contributed by atoms with van der Waals surface area (Å²) in [5.41, 5.74) is 9.44. The molecule has 38 heavy (non-hydrogen) atoms. The number of nitrogens with one attached hydrogen (secondary N) is 1. The molecule has 3 N–H and O–H groups in total. The van der Waals surface area contributed by atoms with Crippen molar-refractivity contribution >= 4 is 17.3 Å². The molecule has 3 aliphatic rings. The van der Waals surface area contributed by atoms with Gasteiger partial charge < -0.3 is 25.4 Å². The summed E-state index contributed by atoms with van der Waals surface area (Å²) in [7, 11) is 1.74. The number of hydrogen-bond acceptors (Lipinski definition) is 9. The van der Waals surface area contributed by atoms with Gasteiger partial charge in [-0.2, -0.15) is 0 Å². The van der Waals surface area contributed by atoms with Crippen LogP contribution in [0.25, 0.3) is 0 Å². The van der Waals surface area contributed by atoms with Gasteiger partial charge in [-0.15, -0.1) is 0 Å². The highest BCUT2D eigenvalue weighted by molar-refractivity contribution is 6.26. The molecule has 0 unspecified atom stereocenters. The predicted molar refractivity (Wildman–Crippen MR) is 147 cm³/mol. The van der Waals surface area contributed by atoms with Crippen molar-refractivity contribution in [2.24, 2.45) is 5.73 Å². The molecule has 0 radical (unpaired) electrons. The number of rotatable bonds is 9. The van der Waals surface area contributed by atoms with E-state index in [9.17, 15) is 9.59 Å². The largest absolute Gasteiger partial charge is 0.495 e. The zero-order valence-corrected chi connectivity index (χ0v) is 22.1. The van der Waals surface area contributed by atoms with Gasteiger partial charge in [-0.3, -0.25) is 19.4 Å². The molecule has 2 aromatic rings. The monoisotopic (exact) mass is 519 g/mol. The lowest BCUT2D eigenvalue weighted by Crippen LogP contribution is -2.47. The van der Waals surface area contributed by atoms with E-state index in [2.05, 4.69) is 38.2 Å². The summed E-state index contributed by atoms with van der Waals surface area (Å²) < 4.78 is 11.2. The predicted octanol–water partition coefficient (Wildman–Crippen LogP) is 1.88. The molecule has 2 heterocycles. The summed E-state index contributed by atoms with van der Waals surface area (Å²) in [6, 6.07) is 13.4. The molecule has 0 spiro atoms. The second-order valence-electron chi connectivity index (χ2n) is 10.00. The highest BCUT2D eigenvalue weighted by Gasteiger charge is 2.30.